The van der Waals surface area contributed by atoms with Crippen molar-refractivity contribution in [2.75, 3.05) is 19.5 Å². The van der Waals surface area contributed by atoms with Crippen molar-refractivity contribution in [1.29, 1.82) is 0 Å². The van der Waals surface area contributed by atoms with Crippen molar-refractivity contribution in [3.05, 3.63) is 10.7 Å². The number of hydrogen-bond acceptors (Lipinski definition) is 4. The Labute approximate surface area is 84.4 Å². The normalized spacial score (nSPS) is 13.4. The molecule has 0 rings (SSSR count). The van der Waals surface area contributed by atoms with Gasteiger partial charge in [0.1, 0.15) is 0 Å². The molecule has 0 aromatic carbocycles. The van der Waals surface area contributed by atoms with Crippen LogP contribution in [0.15, 0.2) is 10.7 Å². The molecule has 0 saturated heterocycles. The fraction of sp³-hybridized carbons (Fsp3) is 0.750. The molecule has 3 nitrogen and oxygen atoms in total. The molecule has 0 bridgehead atoms. The molecule has 0 aliphatic rings. The van der Waals surface area contributed by atoms with E-state index in [4.69, 9.17) is 9.05 Å². The molecule has 0 saturated carbocycles. The highest BCUT2D eigenvalue weighted by Crippen LogP contribution is 2.59. The zero-order chi connectivity index (χ0) is 10.3. The van der Waals surface area contributed by atoms with Crippen LogP contribution in [0.4, 0.5) is 0 Å². The summed E-state index contributed by atoms with van der Waals surface area (Å²) in [5, 5.41) is 0. The van der Waals surface area contributed by atoms with Gasteiger partial charge in [0.25, 0.3) is 0 Å². The van der Waals surface area contributed by atoms with Crippen LogP contribution in [-0.2, 0) is 13.6 Å². The van der Waals surface area contributed by atoms with E-state index in [0.717, 1.165) is 0 Å². The van der Waals surface area contributed by atoms with Gasteiger partial charge in [0.2, 0.25) is 0 Å². The topological polar surface area (TPSA) is 35.5 Å². The second kappa shape index (κ2) is 6.66. The first kappa shape index (κ1) is 13.2. The van der Waals surface area contributed by atoms with Crippen molar-refractivity contribution in [3.63, 3.8) is 0 Å². The number of hydrogen-bond donors (Lipinski definition) is 0. The van der Waals surface area contributed by atoms with Crippen molar-refractivity contribution < 1.29 is 13.6 Å². The Morgan fingerprint density at radius 2 is 1.85 bits per heavy atom. The van der Waals surface area contributed by atoms with Crippen molar-refractivity contribution in [2.45, 2.75) is 20.8 Å². The van der Waals surface area contributed by atoms with Crippen LogP contribution in [0.3, 0.4) is 0 Å². The monoisotopic (exact) mass is 224 g/mol. The Bertz CT molecular complexity index is 205. The highest BCUT2D eigenvalue weighted by molar-refractivity contribution is 8.09. The van der Waals surface area contributed by atoms with E-state index in [1.807, 2.05) is 13.2 Å². The number of allylic oxidation sites excluding steroid dienone is 1. The second-order valence-corrected chi connectivity index (χ2v) is 5.31. The summed E-state index contributed by atoms with van der Waals surface area (Å²) < 4.78 is 23.0. The fourth-order valence-corrected chi connectivity index (χ4v) is 3.66. The van der Waals surface area contributed by atoms with Crippen LogP contribution in [0.1, 0.15) is 20.8 Å². The molecule has 0 heterocycles. The molecule has 0 aromatic heterocycles. The van der Waals surface area contributed by atoms with Crippen molar-refractivity contribution >= 4 is 19.4 Å². The molecule has 0 N–H and O–H groups in total. The smallest absolute Gasteiger partial charge is 0.305 e. The zero-order valence-corrected chi connectivity index (χ0v) is 10.3. The molecule has 0 aromatic rings. The van der Waals surface area contributed by atoms with Crippen LogP contribution in [0, 0.1) is 0 Å². The average molecular weight is 224 g/mol. The first-order valence-electron chi connectivity index (χ1n) is 4.24. The first-order valence-corrected chi connectivity index (χ1v) is 7.01. The van der Waals surface area contributed by atoms with Crippen molar-refractivity contribution in [2.24, 2.45) is 0 Å². The molecule has 0 aliphatic heterocycles. The Morgan fingerprint density at radius 1 is 1.38 bits per heavy atom. The van der Waals surface area contributed by atoms with E-state index in [0.29, 0.717) is 17.9 Å². The molecular weight excluding hydrogens is 207 g/mol. The first-order chi connectivity index (χ1) is 6.14. The predicted molar refractivity (Wildman–Crippen MR) is 58.1 cm³/mol. The van der Waals surface area contributed by atoms with Gasteiger partial charge in [-0.2, -0.15) is 0 Å². The van der Waals surface area contributed by atoms with Crippen LogP contribution in [0.5, 0.6) is 0 Å². The van der Waals surface area contributed by atoms with E-state index in [1.54, 1.807) is 19.9 Å². The maximum atomic E-state index is 12.0. The molecule has 0 amide bonds. The van der Waals surface area contributed by atoms with E-state index in [1.165, 1.54) is 11.8 Å². The minimum atomic E-state index is -3.01. The summed E-state index contributed by atoms with van der Waals surface area (Å²) in [6.07, 6.45) is 3.64. The Hall–Kier alpha value is 0.240. The van der Waals surface area contributed by atoms with Gasteiger partial charge >= 0.3 is 7.60 Å². The maximum absolute atomic E-state index is 12.0. The van der Waals surface area contributed by atoms with Gasteiger partial charge < -0.3 is 9.05 Å². The lowest BCUT2D eigenvalue weighted by atomic mass is 10.8. The summed E-state index contributed by atoms with van der Waals surface area (Å²) in [5.74, 6) is 0. The third-order valence-corrected chi connectivity index (χ3v) is 5.19. The average Bonchev–Trinajstić information content (AvgIpc) is 2.07. The summed E-state index contributed by atoms with van der Waals surface area (Å²) in [4.78, 5) is 0. The van der Waals surface area contributed by atoms with Gasteiger partial charge in [-0.15, -0.1) is 11.8 Å². The van der Waals surface area contributed by atoms with Gasteiger partial charge in [-0.05, 0) is 27.0 Å². The zero-order valence-electron chi connectivity index (χ0n) is 8.57. The van der Waals surface area contributed by atoms with E-state index < -0.39 is 7.60 Å². The van der Waals surface area contributed by atoms with Crippen LogP contribution < -0.4 is 0 Å². The third-order valence-electron chi connectivity index (χ3n) is 1.32. The quantitative estimate of drug-likeness (QED) is 0.647. The molecule has 0 fully saturated rings. The molecule has 0 unspecified atom stereocenters. The van der Waals surface area contributed by atoms with Gasteiger partial charge in [-0.1, -0.05) is 6.08 Å². The largest absolute Gasteiger partial charge is 0.367 e. The molecule has 0 atom stereocenters. The lowest BCUT2D eigenvalue weighted by molar-refractivity contribution is 0.228. The molecule has 0 radical (unpaired) electrons. The molecular formula is C8H17O3PS. The van der Waals surface area contributed by atoms with Gasteiger partial charge in [0.15, 0.2) is 0 Å². The van der Waals surface area contributed by atoms with Crippen LogP contribution >= 0.6 is 19.4 Å². The molecule has 5 heteroatoms. The SMILES string of the molecule is C/C=C(\SC)P(=O)(OCC)OCC. The summed E-state index contributed by atoms with van der Waals surface area (Å²) >= 11 is 1.40. The molecule has 13 heavy (non-hydrogen) atoms. The summed E-state index contributed by atoms with van der Waals surface area (Å²) in [7, 11) is -3.01. The van der Waals surface area contributed by atoms with Gasteiger partial charge in [-0.3, -0.25) is 4.57 Å². The highest BCUT2D eigenvalue weighted by atomic mass is 32.2. The summed E-state index contributed by atoms with van der Waals surface area (Å²) in [6.45, 7) is 6.24. The standard InChI is InChI=1S/C8H17O3PS/c1-5-8(13-4)12(9,10-6-2)11-7-3/h5H,6-7H2,1-4H3/b8-5-. The van der Waals surface area contributed by atoms with Gasteiger partial charge in [0, 0.05) is 0 Å². The van der Waals surface area contributed by atoms with Gasteiger partial charge in [-0.25, -0.2) is 0 Å². The van der Waals surface area contributed by atoms with E-state index in [-0.39, 0.29) is 0 Å². The lowest BCUT2D eigenvalue weighted by Crippen LogP contribution is -1.96. The molecule has 78 valence electrons. The maximum Gasteiger partial charge on any atom is 0.367 e. The predicted octanol–water partition coefficient (Wildman–Crippen LogP) is 3.48. The van der Waals surface area contributed by atoms with Crippen molar-refractivity contribution in [1.82, 2.24) is 0 Å². The van der Waals surface area contributed by atoms with Crippen LogP contribution in [0.25, 0.3) is 0 Å². The van der Waals surface area contributed by atoms with E-state index >= 15 is 0 Å². The lowest BCUT2D eigenvalue weighted by Gasteiger charge is -2.17. The van der Waals surface area contributed by atoms with Crippen LogP contribution in [0.2, 0.25) is 0 Å². The van der Waals surface area contributed by atoms with Gasteiger partial charge in [0.05, 0.1) is 17.9 Å². The third kappa shape index (κ3) is 3.86. The van der Waals surface area contributed by atoms with Crippen LogP contribution in [-0.4, -0.2) is 19.5 Å². The van der Waals surface area contributed by atoms with Crippen molar-refractivity contribution in [3.8, 4) is 0 Å². The minimum Gasteiger partial charge on any atom is -0.305 e. The molecule has 0 aliphatic carbocycles. The summed E-state index contributed by atoms with van der Waals surface area (Å²) in [5.41, 5.74) is 0. The molecule has 0 spiro atoms. The highest BCUT2D eigenvalue weighted by Gasteiger charge is 2.28. The minimum absolute atomic E-state index is 0.398. The second-order valence-electron chi connectivity index (χ2n) is 2.16. The Morgan fingerprint density at radius 3 is 2.08 bits per heavy atom. The Balaban J connectivity index is 4.66. The number of rotatable bonds is 6. The van der Waals surface area contributed by atoms with E-state index in [9.17, 15) is 4.57 Å². The fourth-order valence-electron chi connectivity index (χ4n) is 0.892. The van der Waals surface area contributed by atoms with E-state index in [2.05, 4.69) is 0 Å². The summed E-state index contributed by atoms with van der Waals surface area (Å²) in [6, 6.07) is 0. The Kier molecular flexibility index (Phi) is 6.78. The number of thioether (sulfide) groups is 1.